The van der Waals surface area contributed by atoms with Gasteiger partial charge in [0.25, 0.3) is 5.91 Å². The summed E-state index contributed by atoms with van der Waals surface area (Å²) in [4.78, 5) is 17.2. The Hall–Kier alpha value is -3.62. The molecule has 33 heavy (non-hydrogen) atoms. The Kier molecular flexibility index (Phi) is 6.76. The van der Waals surface area contributed by atoms with Gasteiger partial charge in [0.1, 0.15) is 17.2 Å². The maximum absolute atomic E-state index is 15.3. The third kappa shape index (κ3) is 4.92. The van der Waals surface area contributed by atoms with Gasteiger partial charge in [-0.1, -0.05) is 35.9 Å². The van der Waals surface area contributed by atoms with Crippen molar-refractivity contribution in [2.45, 2.75) is 12.5 Å². The maximum atomic E-state index is 15.3. The fourth-order valence-corrected chi connectivity index (χ4v) is 3.58. The Morgan fingerprint density at radius 3 is 2.58 bits per heavy atom. The minimum absolute atomic E-state index is 0.0281. The number of hydrogen-bond donors (Lipinski definition) is 3. The van der Waals surface area contributed by atoms with Crippen LogP contribution in [0, 0.1) is 11.6 Å². The molecule has 4 aromatic rings. The van der Waals surface area contributed by atoms with Gasteiger partial charge < -0.3 is 10.4 Å². The van der Waals surface area contributed by atoms with E-state index < -0.39 is 23.6 Å². The van der Waals surface area contributed by atoms with E-state index in [9.17, 15) is 14.3 Å². The number of rotatable bonds is 7. The van der Waals surface area contributed by atoms with E-state index >= 15 is 4.39 Å². The number of H-pyrrole nitrogens is 1. The molecule has 0 radical (unpaired) electrons. The van der Waals surface area contributed by atoms with E-state index in [1.54, 1.807) is 48.7 Å². The Balaban J connectivity index is 1.65. The molecule has 2 aromatic heterocycles. The molecule has 4 rings (SSSR count). The summed E-state index contributed by atoms with van der Waals surface area (Å²) in [7, 11) is 0. The normalized spacial score (nSPS) is 11.9. The van der Waals surface area contributed by atoms with Gasteiger partial charge in [-0.05, 0) is 36.4 Å². The summed E-state index contributed by atoms with van der Waals surface area (Å²) in [6.45, 7) is -0.355. The van der Waals surface area contributed by atoms with Crippen LogP contribution in [0.25, 0.3) is 22.5 Å². The molecular weight excluding hydrogens is 450 g/mol. The van der Waals surface area contributed by atoms with Crippen molar-refractivity contribution in [1.29, 1.82) is 0 Å². The molecule has 9 heteroatoms. The molecule has 0 aliphatic rings. The van der Waals surface area contributed by atoms with Gasteiger partial charge in [0, 0.05) is 28.9 Å². The number of nitrogens with one attached hydrogen (secondary N) is 2. The molecule has 1 atom stereocenters. The van der Waals surface area contributed by atoms with E-state index in [4.69, 9.17) is 11.6 Å². The van der Waals surface area contributed by atoms with Crippen molar-refractivity contribution >= 4 is 17.5 Å². The van der Waals surface area contributed by atoms with Gasteiger partial charge in [-0.2, -0.15) is 5.10 Å². The number of pyridine rings is 1. The zero-order chi connectivity index (χ0) is 23.4. The number of benzene rings is 2. The van der Waals surface area contributed by atoms with Crippen molar-refractivity contribution in [3.8, 4) is 22.5 Å². The van der Waals surface area contributed by atoms with Gasteiger partial charge in [0.15, 0.2) is 5.82 Å². The lowest BCUT2D eigenvalue weighted by Crippen LogP contribution is -2.39. The van der Waals surface area contributed by atoms with Crippen LogP contribution >= 0.6 is 11.6 Å². The summed E-state index contributed by atoms with van der Waals surface area (Å²) in [5, 5.41) is 19.3. The Morgan fingerprint density at radius 2 is 1.88 bits per heavy atom. The molecule has 2 heterocycles. The van der Waals surface area contributed by atoms with Crippen LogP contribution in [0.5, 0.6) is 0 Å². The first-order valence-corrected chi connectivity index (χ1v) is 10.5. The van der Waals surface area contributed by atoms with E-state index in [1.165, 1.54) is 12.1 Å². The molecule has 1 amide bonds. The van der Waals surface area contributed by atoms with Crippen LogP contribution in [-0.2, 0) is 6.42 Å². The smallest absolute Gasteiger partial charge is 0.252 e. The largest absolute Gasteiger partial charge is 0.394 e. The van der Waals surface area contributed by atoms with Crippen molar-refractivity contribution in [1.82, 2.24) is 20.5 Å². The average Bonchev–Trinajstić information content (AvgIpc) is 3.20. The summed E-state index contributed by atoms with van der Waals surface area (Å²) in [6.07, 6.45) is 1.88. The molecule has 0 saturated heterocycles. The summed E-state index contributed by atoms with van der Waals surface area (Å²) < 4.78 is 30.1. The van der Waals surface area contributed by atoms with Crippen LogP contribution in [-0.4, -0.2) is 38.8 Å². The first kappa shape index (κ1) is 22.6. The van der Waals surface area contributed by atoms with Crippen LogP contribution < -0.4 is 5.32 Å². The van der Waals surface area contributed by atoms with Gasteiger partial charge in [-0.25, -0.2) is 8.78 Å². The first-order chi connectivity index (χ1) is 16.0. The van der Waals surface area contributed by atoms with Crippen molar-refractivity contribution in [2.75, 3.05) is 6.61 Å². The third-order valence-electron chi connectivity index (χ3n) is 5.07. The third-order valence-corrected chi connectivity index (χ3v) is 5.32. The highest BCUT2D eigenvalue weighted by Gasteiger charge is 2.25. The molecule has 0 fully saturated rings. The summed E-state index contributed by atoms with van der Waals surface area (Å²) >= 11 is 5.88. The SMILES string of the molecule is O=C(N[C@@H](CO)Cc1ccccn1)c1cccc(F)c1-c1[nH]nc(-c2ccc(Cl)cc2)c1F. The van der Waals surface area contributed by atoms with Crippen molar-refractivity contribution < 1.29 is 18.7 Å². The highest BCUT2D eigenvalue weighted by Crippen LogP contribution is 2.33. The summed E-state index contributed by atoms with van der Waals surface area (Å²) in [5.74, 6) is -2.26. The van der Waals surface area contributed by atoms with Crippen molar-refractivity contribution in [3.63, 3.8) is 0 Å². The second kappa shape index (κ2) is 9.89. The summed E-state index contributed by atoms with van der Waals surface area (Å²) in [6, 6.07) is 14.9. The van der Waals surface area contributed by atoms with E-state index in [-0.39, 0.29) is 35.5 Å². The molecule has 2 aromatic carbocycles. The van der Waals surface area contributed by atoms with E-state index in [1.807, 2.05) is 0 Å². The molecule has 3 N–H and O–H groups in total. The van der Waals surface area contributed by atoms with Gasteiger partial charge in [-0.15, -0.1) is 0 Å². The van der Waals surface area contributed by atoms with Gasteiger partial charge in [0.05, 0.1) is 23.8 Å². The number of aromatic nitrogens is 3. The highest BCUT2D eigenvalue weighted by molar-refractivity contribution is 6.30. The first-order valence-electron chi connectivity index (χ1n) is 10.1. The standard InChI is InChI=1S/C24H19ClF2N4O2/c25-15-9-7-14(8-10-15)22-21(27)23(31-30-22)20-18(5-3-6-19(20)26)24(33)29-17(13-32)12-16-4-1-2-11-28-16/h1-11,17,32H,12-13H2,(H,29,33)(H,30,31)/t17-/m1/s1. The Morgan fingerprint density at radius 1 is 1.09 bits per heavy atom. The topological polar surface area (TPSA) is 90.9 Å². The number of halogens is 3. The Bertz CT molecular complexity index is 1260. The van der Waals surface area contributed by atoms with Crippen LogP contribution in [0.15, 0.2) is 66.9 Å². The number of nitrogens with zero attached hydrogens (tertiary/aromatic N) is 2. The molecular formula is C24H19ClF2N4O2. The number of aromatic amines is 1. The number of carbonyl (C=O) groups excluding carboxylic acids is 1. The quantitative estimate of drug-likeness (QED) is 0.375. The number of aliphatic hydroxyl groups excluding tert-OH is 1. The number of aliphatic hydroxyl groups is 1. The second-order valence-corrected chi connectivity index (χ2v) is 7.75. The van der Waals surface area contributed by atoms with Gasteiger partial charge in [0.2, 0.25) is 0 Å². The predicted octanol–water partition coefficient (Wildman–Crippen LogP) is 4.40. The second-order valence-electron chi connectivity index (χ2n) is 7.31. The lowest BCUT2D eigenvalue weighted by molar-refractivity contribution is 0.0916. The van der Waals surface area contributed by atoms with Gasteiger partial charge >= 0.3 is 0 Å². The number of amides is 1. The number of hydrogen-bond acceptors (Lipinski definition) is 4. The Labute approximate surface area is 193 Å². The van der Waals surface area contributed by atoms with Crippen molar-refractivity contribution in [2.24, 2.45) is 0 Å². The van der Waals surface area contributed by atoms with Crippen LogP contribution in [0.1, 0.15) is 16.1 Å². The number of carbonyl (C=O) groups is 1. The molecule has 168 valence electrons. The lowest BCUT2D eigenvalue weighted by atomic mass is 10.0. The average molecular weight is 469 g/mol. The maximum Gasteiger partial charge on any atom is 0.252 e. The fourth-order valence-electron chi connectivity index (χ4n) is 3.46. The van der Waals surface area contributed by atoms with E-state index in [2.05, 4.69) is 20.5 Å². The lowest BCUT2D eigenvalue weighted by Gasteiger charge is -2.17. The van der Waals surface area contributed by atoms with Crippen LogP contribution in [0.2, 0.25) is 5.02 Å². The van der Waals surface area contributed by atoms with Crippen LogP contribution in [0.4, 0.5) is 8.78 Å². The molecule has 0 spiro atoms. The predicted molar refractivity (Wildman–Crippen MR) is 121 cm³/mol. The van der Waals surface area contributed by atoms with E-state index in [0.717, 1.165) is 6.07 Å². The van der Waals surface area contributed by atoms with Gasteiger partial charge in [-0.3, -0.25) is 14.9 Å². The minimum Gasteiger partial charge on any atom is -0.394 e. The molecule has 0 aliphatic heterocycles. The highest BCUT2D eigenvalue weighted by atomic mass is 35.5. The molecule has 0 unspecified atom stereocenters. The summed E-state index contributed by atoms with van der Waals surface area (Å²) in [5.41, 5.74) is 0.475. The molecule has 0 bridgehead atoms. The zero-order valence-corrected chi connectivity index (χ0v) is 18.0. The fraction of sp³-hybridized carbons (Fsp3) is 0.125. The monoisotopic (exact) mass is 468 g/mol. The van der Waals surface area contributed by atoms with Crippen LogP contribution in [0.3, 0.4) is 0 Å². The molecule has 6 nitrogen and oxygen atoms in total. The molecule has 0 saturated carbocycles. The van der Waals surface area contributed by atoms with E-state index in [0.29, 0.717) is 16.3 Å². The molecule has 0 aliphatic carbocycles. The van der Waals surface area contributed by atoms with Crippen molar-refractivity contribution in [3.05, 3.63) is 94.8 Å². The zero-order valence-electron chi connectivity index (χ0n) is 17.2. The minimum atomic E-state index is -0.802.